The molecule has 7 nitrogen and oxygen atoms in total. The van der Waals surface area contributed by atoms with Crippen LogP contribution in [-0.4, -0.2) is 58.5 Å². The van der Waals surface area contributed by atoms with Crippen molar-refractivity contribution in [1.29, 1.82) is 0 Å². The number of carbonyl (C=O) groups excluding carboxylic acids is 1. The van der Waals surface area contributed by atoms with E-state index in [0.29, 0.717) is 17.1 Å². The van der Waals surface area contributed by atoms with Gasteiger partial charge in [-0.2, -0.15) is 4.98 Å². The SMILES string of the molecule is CCN1CCN(c2nc(Nc3ccc(C(=O)/C=C/c4ccccc4O)cc3)nc3ccccc23)CC1. The number of nitrogens with zero attached hydrogens (tertiary/aromatic N) is 4. The maximum Gasteiger partial charge on any atom is 0.229 e. The fourth-order valence-electron chi connectivity index (χ4n) is 4.37. The zero-order valence-electron chi connectivity index (χ0n) is 20.3. The Kier molecular flexibility index (Phi) is 6.91. The predicted octanol–water partition coefficient (Wildman–Crippen LogP) is 5.12. The number of para-hydroxylation sites is 2. The second-order valence-corrected chi connectivity index (χ2v) is 8.77. The van der Waals surface area contributed by atoms with E-state index in [1.165, 1.54) is 6.08 Å². The van der Waals surface area contributed by atoms with Gasteiger partial charge in [-0.3, -0.25) is 4.79 Å². The number of hydrogen-bond acceptors (Lipinski definition) is 7. The molecule has 0 unspecified atom stereocenters. The molecule has 1 aliphatic rings. The number of carbonyl (C=O) groups is 1. The third kappa shape index (κ3) is 5.21. The summed E-state index contributed by atoms with van der Waals surface area (Å²) in [6, 6.07) is 22.2. The number of rotatable bonds is 7. The molecule has 1 aliphatic heterocycles. The van der Waals surface area contributed by atoms with E-state index in [4.69, 9.17) is 9.97 Å². The van der Waals surface area contributed by atoms with Crippen LogP contribution in [0.1, 0.15) is 22.8 Å². The Morgan fingerprint density at radius 2 is 1.67 bits per heavy atom. The van der Waals surface area contributed by atoms with E-state index in [2.05, 4.69) is 28.1 Å². The van der Waals surface area contributed by atoms with Crippen molar-refractivity contribution in [2.45, 2.75) is 6.92 Å². The van der Waals surface area contributed by atoms with E-state index in [0.717, 1.165) is 55.1 Å². The molecule has 2 N–H and O–H groups in total. The molecule has 0 spiro atoms. The highest BCUT2D eigenvalue weighted by atomic mass is 16.3. The average molecular weight is 480 g/mol. The minimum Gasteiger partial charge on any atom is -0.507 e. The molecule has 1 saturated heterocycles. The number of fused-ring (bicyclic) bond motifs is 1. The number of allylic oxidation sites excluding steroid dienone is 1. The van der Waals surface area contributed by atoms with Gasteiger partial charge in [0, 0.05) is 48.4 Å². The molecule has 1 aromatic heterocycles. The first kappa shape index (κ1) is 23.5. The van der Waals surface area contributed by atoms with Crippen LogP contribution in [0.25, 0.3) is 17.0 Å². The van der Waals surface area contributed by atoms with Crippen LogP contribution < -0.4 is 10.2 Å². The summed E-state index contributed by atoms with van der Waals surface area (Å²) in [5.74, 6) is 1.48. The zero-order valence-corrected chi connectivity index (χ0v) is 20.3. The number of nitrogens with one attached hydrogen (secondary N) is 1. The molecule has 4 aromatic rings. The number of ketones is 1. The van der Waals surface area contributed by atoms with Gasteiger partial charge in [0.25, 0.3) is 0 Å². The number of phenols is 1. The third-order valence-corrected chi connectivity index (χ3v) is 6.48. The van der Waals surface area contributed by atoms with Gasteiger partial charge >= 0.3 is 0 Å². The summed E-state index contributed by atoms with van der Waals surface area (Å²) in [7, 11) is 0. The Hall–Kier alpha value is -4.23. The molecular formula is C29H29N5O2. The van der Waals surface area contributed by atoms with E-state index in [1.54, 1.807) is 36.4 Å². The van der Waals surface area contributed by atoms with Crippen molar-refractivity contribution in [1.82, 2.24) is 14.9 Å². The maximum atomic E-state index is 12.6. The maximum absolute atomic E-state index is 12.6. The Balaban J connectivity index is 1.34. The molecule has 1 fully saturated rings. The number of benzene rings is 3. The van der Waals surface area contributed by atoms with Crippen LogP contribution in [0, 0.1) is 0 Å². The molecule has 36 heavy (non-hydrogen) atoms. The van der Waals surface area contributed by atoms with Gasteiger partial charge in [-0.25, -0.2) is 4.98 Å². The highest BCUT2D eigenvalue weighted by molar-refractivity contribution is 6.07. The number of hydrogen-bond donors (Lipinski definition) is 2. The number of piperazine rings is 1. The Morgan fingerprint density at radius 1 is 0.944 bits per heavy atom. The van der Waals surface area contributed by atoms with Gasteiger partial charge in [-0.1, -0.05) is 37.3 Å². The van der Waals surface area contributed by atoms with Crippen molar-refractivity contribution in [2.24, 2.45) is 0 Å². The van der Waals surface area contributed by atoms with Gasteiger partial charge in [0.05, 0.1) is 5.52 Å². The highest BCUT2D eigenvalue weighted by Gasteiger charge is 2.20. The molecule has 0 amide bonds. The lowest BCUT2D eigenvalue weighted by Crippen LogP contribution is -2.46. The number of anilines is 3. The predicted molar refractivity (Wildman–Crippen MR) is 145 cm³/mol. The van der Waals surface area contributed by atoms with E-state index in [-0.39, 0.29) is 11.5 Å². The van der Waals surface area contributed by atoms with E-state index >= 15 is 0 Å². The van der Waals surface area contributed by atoms with Crippen LogP contribution >= 0.6 is 0 Å². The van der Waals surface area contributed by atoms with Crippen LogP contribution in [-0.2, 0) is 0 Å². The Bertz CT molecular complexity index is 1390. The monoisotopic (exact) mass is 479 g/mol. The molecule has 0 bridgehead atoms. The average Bonchev–Trinajstić information content (AvgIpc) is 2.92. The van der Waals surface area contributed by atoms with Crippen molar-refractivity contribution < 1.29 is 9.90 Å². The van der Waals surface area contributed by atoms with Crippen molar-refractivity contribution in [3.05, 3.63) is 90.0 Å². The quantitative estimate of drug-likeness (QED) is 0.281. The summed E-state index contributed by atoms with van der Waals surface area (Å²) >= 11 is 0. The van der Waals surface area contributed by atoms with Gasteiger partial charge in [-0.05, 0) is 61.2 Å². The summed E-state index contributed by atoms with van der Waals surface area (Å²) in [4.78, 5) is 27.0. The molecule has 0 saturated carbocycles. The summed E-state index contributed by atoms with van der Waals surface area (Å²) in [5, 5.41) is 14.2. The first-order valence-corrected chi connectivity index (χ1v) is 12.2. The standard InChI is InChI=1S/C29H29N5O2/c1-2-33-17-19-34(20-18-33)28-24-8-4-5-9-25(24)31-29(32-28)30-23-14-11-22(12-15-23)27(36)16-13-21-7-3-6-10-26(21)35/h3-16,35H,2,17-20H2,1H3,(H,30,31,32)/b16-13+. The molecule has 0 aliphatic carbocycles. The first-order valence-electron chi connectivity index (χ1n) is 12.2. The second kappa shape index (κ2) is 10.6. The molecular weight excluding hydrogens is 450 g/mol. The van der Waals surface area contributed by atoms with Crippen LogP contribution in [0.2, 0.25) is 0 Å². The minimum absolute atomic E-state index is 0.139. The lowest BCUT2D eigenvalue weighted by molar-refractivity contribution is 0.104. The number of aromatic hydroxyl groups is 1. The number of aromatic nitrogens is 2. The minimum atomic E-state index is -0.139. The summed E-state index contributed by atoms with van der Waals surface area (Å²) in [5.41, 5.74) is 2.85. The Morgan fingerprint density at radius 3 is 2.42 bits per heavy atom. The molecule has 7 heteroatoms. The van der Waals surface area contributed by atoms with Gasteiger partial charge in [0.1, 0.15) is 11.6 Å². The Labute approximate surface area is 210 Å². The van der Waals surface area contributed by atoms with Gasteiger partial charge < -0.3 is 20.2 Å². The van der Waals surface area contributed by atoms with Crippen molar-refractivity contribution in [2.75, 3.05) is 42.9 Å². The summed E-state index contributed by atoms with van der Waals surface area (Å²) < 4.78 is 0. The van der Waals surface area contributed by atoms with Gasteiger partial charge in [0.15, 0.2) is 5.78 Å². The highest BCUT2D eigenvalue weighted by Crippen LogP contribution is 2.27. The van der Waals surface area contributed by atoms with Gasteiger partial charge in [0.2, 0.25) is 5.95 Å². The number of likely N-dealkylation sites (N-methyl/N-ethyl adjacent to an activating group) is 1. The van der Waals surface area contributed by atoms with Crippen LogP contribution in [0.5, 0.6) is 5.75 Å². The van der Waals surface area contributed by atoms with Crippen molar-refractivity contribution >= 4 is 40.2 Å². The molecule has 0 atom stereocenters. The molecule has 2 heterocycles. The first-order chi connectivity index (χ1) is 17.6. The smallest absolute Gasteiger partial charge is 0.229 e. The fraction of sp³-hybridized carbons (Fsp3) is 0.207. The summed E-state index contributed by atoms with van der Waals surface area (Å²) in [6.45, 7) is 7.16. The fourth-order valence-corrected chi connectivity index (χ4v) is 4.37. The van der Waals surface area contributed by atoms with Crippen LogP contribution in [0.4, 0.5) is 17.5 Å². The van der Waals surface area contributed by atoms with Crippen molar-refractivity contribution in [3.63, 3.8) is 0 Å². The summed E-state index contributed by atoms with van der Waals surface area (Å²) in [6.07, 6.45) is 3.09. The van der Waals surface area contributed by atoms with Crippen molar-refractivity contribution in [3.8, 4) is 5.75 Å². The largest absolute Gasteiger partial charge is 0.507 e. The molecule has 0 radical (unpaired) electrons. The molecule has 182 valence electrons. The molecule has 5 rings (SSSR count). The van der Waals surface area contributed by atoms with E-state index < -0.39 is 0 Å². The number of phenolic OH excluding ortho intramolecular Hbond substituents is 1. The van der Waals surface area contributed by atoms with Crippen LogP contribution in [0.3, 0.4) is 0 Å². The molecule has 3 aromatic carbocycles. The lowest BCUT2D eigenvalue weighted by Gasteiger charge is -2.35. The van der Waals surface area contributed by atoms with Crippen LogP contribution in [0.15, 0.2) is 78.9 Å². The topological polar surface area (TPSA) is 81.6 Å². The van der Waals surface area contributed by atoms with E-state index in [1.807, 2.05) is 36.4 Å². The van der Waals surface area contributed by atoms with E-state index in [9.17, 15) is 9.90 Å². The second-order valence-electron chi connectivity index (χ2n) is 8.77. The zero-order chi connectivity index (χ0) is 24.9. The van der Waals surface area contributed by atoms with Gasteiger partial charge in [-0.15, -0.1) is 0 Å². The lowest BCUT2D eigenvalue weighted by atomic mass is 10.1. The normalized spacial score (nSPS) is 14.4. The third-order valence-electron chi connectivity index (χ3n) is 6.48.